The van der Waals surface area contributed by atoms with Gasteiger partial charge in [0.25, 0.3) is 0 Å². The van der Waals surface area contributed by atoms with E-state index in [0.717, 1.165) is 17.9 Å². The summed E-state index contributed by atoms with van der Waals surface area (Å²) < 4.78 is 0. The molecule has 1 saturated heterocycles. The molecule has 0 amide bonds. The van der Waals surface area contributed by atoms with Crippen molar-refractivity contribution in [3.8, 4) is 0 Å². The Kier molecular flexibility index (Phi) is 4.94. The van der Waals surface area contributed by atoms with Crippen LogP contribution in [0.15, 0.2) is 0 Å². The molecular formula is C13H27N. The number of likely N-dealkylation sites (tertiary alicyclic amines) is 1. The van der Waals surface area contributed by atoms with Crippen molar-refractivity contribution in [2.75, 3.05) is 13.1 Å². The van der Waals surface area contributed by atoms with Crippen LogP contribution in [0.1, 0.15) is 53.4 Å². The Morgan fingerprint density at radius 2 is 1.71 bits per heavy atom. The zero-order chi connectivity index (χ0) is 10.6. The van der Waals surface area contributed by atoms with E-state index < -0.39 is 0 Å². The van der Waals surface area contributed by atoms with Gasteiger partial charge in [-0.1, -0.05) is 34.1 Å². The fraction of sp³-hybridized carbons (Fsp3) is 1.00. The molecule has 0 aromatic rings. The van der Waals surface area contributed by atoms with E-state index in [-0.39, 0.29) is 0 Å². The van der Waals surface area contributed by atoms with Crippen LogP contribution in [0.2, 0.25) is 0 Å². The summed E-state index contributed by atoms with van der Waals surface area (Å²) in [5, 5.41) is 0. The predicted octanol–water partition coefficient (Wildman–Crippen LogP) is 3.54. The minimum Gasteiger partial charge on any atom is -0.300 e. The van der Waals surface area contributed by atoms with Gasteiger partial charge in [0, 0.05) is 6.04 Å². The Labute approximate surface area is 89.9 Å². The molecule has 0 aliphatic carbocycles. The highest BCUT2D eigenvalue weighted by Crippen LogP contribution is 2.24. The zero-order valence-corrected chi connectivity index (χ0v) is 10.4. The normalized spacial score (nSPS) is 24.9. The zero-order valence-electron chi connectivity index (χ0n) is 10.4. The summed E-state index contributed by atoms with van der Waals surface area (Å²) in [6.45, 7) is 12.1. The van der Waals surface area contributed by atoms with Gasteiger partial charge in [-0.2, -0.15) is 0 Å². The van der Waals surface area contributed by atoms with E-state index >= 15 is 0 Å². The number of hydrogen-bond acceptors (Lipinski definition) is 1. The quantitative estimate of drug-likeness (QED) is 0.666. The summed E-state index contributed by atoms with van der Waals surface area (Å²) in [7, 11) is 0. The molecular weight excluding hydrogens is 170 g/mol. The molecule has 0 radical (unpaired) electrons. The third-order valence-electron chi connectivity index (χ3n) is 4.01. The lowest BCUT2D eigenvalue weighted by Gasteiger charge is -2.39. The monoisotopic (exact) mass is 197 g/mol. The molecule has 1 nitrogen and oxygen atoms in total. The topological polar surface area (TPSA) is 3.24 Å². The van der Waals surface area contributed by atoms with Crippen molar-refractivity contribution >= 4 is 0 Å². The SMILES string of the molecule is CCC(C)C(CC)N1CCC(C)CC1. The van der Waals surface area contributed by atoms with Crippen molar-refractivity contribution < 1.29 is 0 Å². The highest BCUT2D eigenvalue weighted by Gasteiger charge is 2.24. The molecule has 0 spiro atoms. The van der Waals surface area contributed by atoms with E-state index in [9.17, 15) is 0 Å². The first kappa shape index (κ1) is 12.0. The fourth-order valence-corrected chi connectivity index (χ4v) is 2.65. The largest absolute Gasteiger partial charge is 0.300 e. The van der Waals surface area contributed by atoms with Gasteiger partial charge in [0.1, 0.15) is 0 Å². The van der Waals surface area contributed by atoms with E-state index in [2.05, 4.69) is 32.6 Å². The molecule has 1 aliphatic rings. The first-order valence-electron chi connectivity index (χ1n) is 6.43. The molecule has 0 saturated carbocycles. The Morgan fingerprint density at radius 1 is 1.14 bits per heavy atom. The Balaban J connectivity index is 2.44. The van der Waals surface area contributed by atoms with Gasteiger partial charge in [0.15, 0.2) is 0 Å². The number of hydrogen-bond donors (Lipinski definition) is 0. The molecule has 0 aromatic heterocycles. The standard InChI is InChI=1S/C13H27N/c1-5-12(4)13(6-2)14-9-7-11(3)8-10-14/h11-13H,5-10H2,1-4H3. The average molecular weight is 197 g/mol. The summed E-state index contributed by atoms with van der Waals surface area (Å²) in [6.07, 6.45) is 5.47. The summed E-state index contributed by atoms with van der Waals surface area (Å²) >= 11 is 0. The third kappa shape index (κ3) is 2.98. The summed E-state index contributed by atoms with van der Waals surface area (Å²) in [5.41, 5.74) is 0. The maximum atomic E-state index is 2.73. The molecule has 2 unspecified atom stereocenters. The number of rotatable bonds is 4. The summed E-state index contributed by atoms with van der Waals surface area (Å²) in [4.78, 5) is 2.73. The van der Waals surface area contributed by atoms with Gasteiger partial charge < -0.3 is 4.90 Å². The smallest absolute Gasteiger partial charge is 0.0118 e. The molecule has 14 heavy (non-hydrogen) atoms. The van der Waals surface area contributed by atoms with Gasteiger partial charge in [0.05, 0.1) is 0 Å². The van der Waals surface area contributed by atoms with Crippen molar-refractivity contribution in [3.05, 3.63) is 0 Å². The molecule has 1 aliphatic heterocycles. The lowest BCUT2D eigenvalue weighted by Crippen LogP contribution is -2.43. The van der Waals surface area contributed by atoms with Crippen LogP contribution in [0.4, 0.5) is 0 Å². The minimum absolute atomic E-state index is 0.840. The molecule has 84 valence electrons. The molecule has 1 heteroatoms. The lowest BCUT2D eigenvalue weighted by atomic mass is 9.91. The van der Waals surface area contributed by atoms with Gasteiger partial charge in [-0.05, 0) is 44.2 Å². The van der Waals surface area contributed by atoms with Crippen molar-refractivity contribution in [2.24, 2.45) is 11.8 Å². The van der Waals surface area contributed by atoms with Crippen molar-refractivity contribution in [2.45, 2.75) is 59.4 Å². The highest BCUT2D eigenvalue weighted by atomic mass is 15.2. The highest BCUT2D eigenvalue weighted by molar-refractivity contribution is 4.79. The number of piperidine rings is 1. The van der Waals surface area contributed by atoms with E-state index in [1.807, 2.05) is 0 Å². The first-order valence-corrected chi connectivity index (χ1v) is 6.43. The summed E-state index contributed by atoms with van der Waals surface area (Å²) in [6, 6.07) is 0.840. The fourth-order valence-electron chi connectivity index (χ4n) is 2.65. The van der Waals surface area contributed by atoms with E-state index in [1.54, 1.807) is 0 Å². The maximum Gasteiger partial charge on any atom is 0.0118 e. The molecule has 0 bridgehead atoms. The van der Waals surface area contributed by atoms with Gasteiger partial charge in [-0.25, -0.2) is 0 Å². The van der Waals surface area contributed by atoms with Crippen LogP contribution in [0.25, 0.3) is 0 Å². The van der Waals surface area contributed by atoms with Crippen LogP contribution in [-0.4, -0.2) is 24.0 Å². The van der Waals surface area contributed by atoms with Crippen LogP contribution in [-0.2, 0) is 0 Å². The Morgan fingerprint density at radius 3 is 2.14 bits per heavy atom. The van der Waals surface area contributed by atoms with Gasteiger partial charge in [0.2, 0.25) is 0 Å². The second-order valence-corrected chi connectivity index (χ2v) is 5.08. The second-order valence-electron chi connectivity index (χ2n) is 5.08. The van der Waals surface area contributed by atoms with E-state index in [1.165, 1.54) is 38.8 Å². The lowest BCUT2D eigenvalue weighted by molar-refractivity contribution is 0.0986. The minimum atomic E-state index is 0.840. The van der Waals surface area contributed by atoms with Crippen molar-refractivity contribution in [3.63, 3.8) is 0 Å². The Bertz CT molecular complexity index is 147. The van der Waals surface area contributed by atoms with Crippen LogP contribution in [0, 0.1) is 11.8 Å². The van der Waals surface area contributed by atoms with Gasteiger partial charge in [-0.3, -0.25) is 0 Å². The maximum absolute atomic E-state index is 2.73. The Hall–Kier alpha value is -0.0400. The van der Waals surface area contributed by atoms with Crippen molar-refractivity contribution in [1.29, 1.82) is 0 Å². The third-order valence-corrected chi connectivity index (χ3v) is 4.01. The average Bonchev–Trinajstić information content (AvgIpc) is 2.21. The van der Waals surface area contributed by atoms with Crippen molar-refractivity contribution in [1.82, 2.24) is 4.90 Å². The molecule has 1 heterocycles. The van der Waals surface area contributed by atoms with Crippen LogP contribution < -0.4 is 0 Å². The van der Waals surface area contributed by atoms with Gasteiger partial charge in [-0.15, -0.1) is 0 Å². The molecule has 1 fully saturated rings. The molecule has 2 atom stereocenters. The van der Waals surface area contributed by atoms with E-state index in [4.69, 9.17) is 0 Å². The molecule has 0 aromatic carbocycles. The van der Waals surface area contributed by atoms with E-state index in [0.29, 0.717) is 0 Å². The van der Waals surface area contributed by atoms with Crippen LogP contribution in [0.3, 0.4) is 0 Å². The first-order chi connectivity index (χ1) is 6.69. The second kappa shape index (κ2) is 5.75. The molecule has 1 rings (SSSR count). The molecule has 0 N–H and O–H groups in total. The van der Waals surface area contributed by atoms with Gasteiger partial charge >= 0.3 is 0 Å². The predicted molar refractivity (Wildman–Crippen MR) is 63.5 cm³/mol. The summed E-state index contributed by atoms with van der Waals surface area (Å²) in [5.74, 6) is 1.83. The van der Waals surface area contributed by atoms with Crippen LogP contribution in [0.5, 0.6) is 0 Å². The number of nitrogens with zero attached hydrogens (tertiary/aromatic N) is 1. The van der Waals surface area contributed by atoms with Crippen LogP contribution >= 0.6 is 0 Å².